The molecule has 0 aliphatic heterocycles. The van der Waals surface area contributed by atoms with Gasteiger partial charge in [-0.05, 0) is 59.7 Å². The molecule has 0 saturated carbocycles. The number of aryl methyl sites for hydroxylation is 1. The molecular weight excluding hydrogens is 304 g/mol. The van der Waals surface area contributed by atoms with Gasteiger partial charge in [0.25, 0.3) is 0 Å². The van der Waals surface area contributed by atoms with E-state index < -0.39 is 23.3 Å². The number of allylic oxidation sites excluding steroid dienone is 2. The first-order chi connectivity index (χ1) is 11.0. The summed E-state index contributed by atoms with van der Waals surface area (Å²) in [5.74, 6) is -2.55. The van der Waals surface area contributed by atoms with Crippen molar-refractivity contribution < 1.29 is 17.6 Å². The maximum absolute atomic E-state index is 14.3. The van der Waals surface area contributed by atoms with E-state index in [1.165, 1.54) is 18.2 Å². The van der Waals surface area contributed by atoms with E-state index in [0.717, 1.165) is 12.5 Å². The van der Waals surface area contributed by atoms with Crippen molar-refractivity contribution in [2.45, 2.75) is 32.6 Å². The number of benzene rings is 2. The average Bonchev–Trinajstić information content (AvgIpc) is 2.46. The highest BCUT2D eigenvalue weighted by molar-refractivity contribution is 5.71. The van der Waals surface area contributed by atoms with E-state index in [1.54, 1.807) is 6.08 Å². The van der Waals surface area contributed by atoms with Gasteiger partial charge in [-0.1, -0.05) is 19.4 Å². The Morgan fingerprint density at radius 3 is 2.26 bits per heavy atom. The van der Waals surface area contributed by atoms with Crippen molar-refractivity contribution in [2.24, 2.45) is 0 Å². The minimum Gasteiger partial charge on any atom is -0.207 e. The molecule has 1 aliphatic carbocycles. The molecule has 0 atom stereocenters. The molecule has 0 fully saturated rings. The van der Waals surface area contributed by atoms with Gasteiger partial charge in [-0.2, -0.15) is 0 Å². The fourth-order valence-electron chi connectivity index (χ4n) is 3.10. The number of fused-ring (bicyclic) bond motifs is 1. The number of hydrogen-bond donors (Lipinski definition) is 0. The third kappa shape index (κ3) is 3.03. The maximum atomic E-state index is 14.3. The van der Waals surface area contributed by atoms with Gasteiger partial charge in [0.1, 0.15) is 23.3 Å². The van der Waals surface area contributed by atoms with Crippen molar-refractivity contribution in [3.05, 3.63) is 75.9 Å². The standard InChI is InChI=1S/C19H16F4/c1-2-3-11-6-17(22)19(18(23)7-11)12-4-5-15-13(8-12)9-14(20)10-16(15)21/h4,6-7,9-10H,2-3,5,8H2,1H3. The van der Waals surface area contributed by atoms with Gasteiger partial charge in [-0.15, -0.1) is 0 Å². The number of halogens is 4. The normalized spacial score (nSPS) is 13.7. The lowest BCUT2D eigenvalue weighted by Gasteiger charge is -2.19. The van der Waals surface area contributed by atoms with E-state index in [9.17, 15) is 17.6 Å². The first kappa shape index (κ1) is 15.8. The second-order valence-corrected chi connectivity index (χ2v) is 5.82. The molecule has 2 aromatic rings. The Morgan fingerprint density at radius 2 is 1.61 bits per heavy atom. The molecule has 4 heteroatoms. The lowest BCUT2D eigenvalue weighted by molar-refractivity contribution is 0.567. The summed E-state index contributed by atoms with van der Waals surface area (Å²) < 4.78 is 55.8. The predicted molar refractivity (Wildman–Crippen MR) is 82.1 cm³/mol. The molecule has 0 N–H and O–H groups in total. The van der Waals surface area contributed by atoms with Gasteiger partial charge in [0.05, 0.1) is 0 Å². The Labute approximate surface area is 132 Å². The zero-order valence-electron chi connectivity index (χ0n) is 12.7. The third-order valence-corrected chi connectivity index (χ3v) is 4.15. The summed E-state index contributed by atoms with van der Waals surface area (Å²) in [5, 5.41) is 0. The molecule has 120 valence electrons. The Kier molecular flexibility index (Phi) is 4.24. The molecule has 2 aromatic carbocycles. The van der Waals surface area contributed by atoms with Crippen molar-refractivity contribution in [3.63, 3.8) is 0 Å². The van der Waals surface area contributed by atoms with Crippen molar-refractivity contribution in [1.29, 1.82) is 0 Å². The summed E-state index contributed by atoms with van der Waals surface area (Å²) in [6.45, 7) is 1.94. The van der Waals surface area contributed by atoms with Crippen LogP contribution in [0.15, 0.2) is 30.3 Å². The zero-order valence-corrected chi connectivity index (χ0v) is 12.7. The lowest BCUT2D eigenvalue weighted by Crippen LogP contribution is -2.09. The van der Waals surface area contributed by atoms with Crippen LogP contribution in [0.4, 0.5) is 17.6 Å². The second kappa shape index (κ2) is 6.19. The summed E-state index contributed by atoms with van der Waals surface area (Å²) >= 11 is 0. The summed E-state index contributed by atoms with van der Waals surface area (Å²) in [6.07, 6.45) is 3.33. The minimum atomic E-state index is -0.679. The highest BCUT2D eigenvalue weighted by atomic mass is 19.1. The van der Waals surface area contributed by atoms with E-state index >= 15 is 0 Å². The van der Waals surface area contributed by atoms with Crippen LogP contribution < -0.4 is 0 Å². The highest BCUT2D eigenvalue weighted by Crippen LogP contribution is 2.33. The van der Waals surface area contributed by atoms with Crippen LogP contribution in [0.2, 0.25) is 0 Å². The van der Waals surface area contributed by atoms with Gasteiger partial charge >= 0.3 is 0 Å². The molecule has 0 nitrogen and oxygen atoms in total. The number of rotatable bonds is 3. The lowest BCUT2D eigenvalue weighted by atomic mass is 9.87. The van der Waals surface area contributed by atoms with Crippen molar-refractivity contribution in [1.82, 2.24) is 0 Å². The molecule has 0 heterocycles. The first-order valence-electron chi connectivity index (χ1n) is 7.63. The quantitative estimate of drug-likeness (QED) is 0.666. The summed E-state index contributed by atoms with van der Waals surface area (Å²) in [7, 11) is 0. The third-order valence-electron chi connectivity index (χ3n) is 4.15. The fraction of sp³-hybridized carbons (Fsp3) is 0.263. The SMILES string of the molecule is CCCc1cc(F)c(C2=CCc3c(F)cc(F)cc3C2)c(F)c1. The van der Waals surface area contributed by atoms with Gasteiger partial charge < -0.3 is 0 Å². The van der Waals surface area contributed by atoms with Crippen LogP contribution in [0, 0.1) is 23.3 Å². The topological polar surface area (TPSA) is 0 Å². The van der Waals surface area contributed by atoms with Crippen LogP contribution in [0.5, 0.6) is 0 Å². The molecule has 0 aromatic heterocycles. The van der Waals surface area contributed by atoms with E-state index in [0.29, 0.717) is 28.7 Å². The van der Waals surface area contributed by atoms with Crippen LogP contribution in [-0.4, -0.2) is 0 Å². The van der Waals surface area contributed by atoms with Gasteiger partial charge in [0, 0.05) is 11.6 Å². The van der Waals surface area contributed by atoms with E-state index in [-0.39, 0.29) is 18.4 Å². The molecule has 0 saturated heterocycles. The summed E-state index contributed by atoms with van der Waals surface area (Å²) in [5.41, 5.74) is 1.77. The van der Waals surface area contributed by atoms with Gasteiger partial charge in [0.15, 0.2) is 0 Å². The molecular formula is C19H16F4. The van der Waals surface area contributed by atoms with Crippen LogP contribution in [0.3, 0.4) is 0 Å². The largest absolute Gasteiger partial charge is 0.207 e. The summed E-state index contributed by atoms with van der Waals surface area (Å²) in [6, 6.07) is 4.74. The Hall–Kier alpha value is -2.10. The van der Waals surface area contributed by atoms with Crippen molar-refractivity contribution >= 4 is 5.57 Å². The van der Waals surface area contributed by atoms with E-state index in [2.05, 4.69) is 0 Å². The van der Waals surface area contributed by atoms with Crippen LogP contribution in [0.1, 0.15) is 35.6 Å². The van der Waals surface area contributed by atoms with Gasteiger partial charge in [-0.25, -0.2) is 17.6 Å². The van der Waals surface area contributed by atoms with E-state index in [4.69, 9.17) is 0 Å². The smallest absolute Gasteiger partial charge is 0.133 e. The molecule has 23 heavy (non-hydrogen) atoms. The van der Waals surface area contributed by atoms with Crippen LogP contribution in [0.25, 0.3) is 5.57 Å². The van der Waals surface area contributed by atoms with Crippen molar-refractivity contribution in [2.75, 3.05) is 0 Å². The van der Waals surface area contributed by atoms with Crippen LogP contribution in [-0.2, 0) is 19.3 Å². The Balaban J connectivity index is 2.00. The Bertz CT molecular complexity index is 767. The summed E-state index contributed by atoms with van der Waals surface area (Å²) in [4.78, 5) is 0. The van der Waals surface area contributed by atoms with Crippen molar-refractivity contribution in [3.8, 4) is 0 Å². The molecule has 1 aliphatic rings. The fourth-order valence-corrected chi connectivity index (χ4v) is 3.10. The molecule has 3 rings (SSSR count). The molecule has 0 unspecified atom stereocenters. The molecule has 0 amide bonds. The van der Waals surface area contributed by atoms with Crippen LogP contribution >= 0.6 is 0 Å². The predicted octanol–water partition coefficient (Wildman–Crippen LogP) is 5.38. The maximum Gasteiger partial charge on any atom is 0.133 e. The monoisotopic (exact) mass is 320 g/mol. The molecule has 0 radical (unpaired) electrons. The second-order valence-electron chi connectivity index (χ2n) is 5.82. The Morgan fingerprint density at radius 1 is 0.913 bits per heavy atom. The zero-order chi connectivity index (χ0) is 16.6. The first-order valence-corrected chi connectivity index (χ1v) is 7.63. The average molecular weight is 320 g/mol. The number of hydrogen-bond acceptors (Lipinski definition) is 0. The van der Waals surface area contributed by atoms with Gasteiger partial charge in [0.2, 0.25) is 0 Å². The van der Waals surface area contributed by atoms with Gasteiger partial charge in [-0.3, -0.25) is 0 Å². The highest BCUT2D eigenvalue weighted by Gasteiger charge is 2.21. The molecule has 0 bridgehead atoms. The van der Waals surface area contributed by atoms with E-state index in [1.807, 2.05) is 6.92 Å². The minimum absolute atomic E-state index is 0.0971. The molecule has 0 spiro atoms.